The van der Waals surface area contributed by atoms with Crippen LogP contribution in [0.3, 0.4) is 0 Å². The first-order valence-electron chi connectivity index (χ1n) is 5.56. The summed E-state index contributed by atoms with van der Waals surface area (Å²) in [7, 11) is 0. The van der Waals surface area contributed by atoms with Gasteiger partial charge in [-0.05, 0) is 30.3 Å². The van der Waals surface area contributed by atoms with E-state index in [2.05, 4.69) is 15.3 Å². The molecule has 0 aliphatic rings. The lowest BCUT2D eigenvalue weighted by molar-refractivity contribution is 0.594. The Morgan fingerprint density at radius 1 is 1.35 bits per heavy atom. The molecule has 2 rings (SSSR count). The van der Waals surface area contributed by atoms with Gasteiger partial charge < -0.3 is 5.32 Å². The minimum atomic E-state index is -0.237. The highest BCUT2D eigenvalue weighted by Gasteiger charge is 2.14. The molecule has 0 fully saturated rings. The Morgan fingerprint density at radius 3 is 2.88 bits per heavy atom. The monoisotopic (exact) mass is 231 g/mol. The van der Waals surface area contributed by atoms with Crippen molar-refractivity contribution in [3.8, 4) is 0 Å². The maximum atomic E-state index is 13.2. The van der Waals surface area contributed by atoms with E-state index in [4.69, 9.17) is 0 Å². The molecule has 17 heavy (non-hydrogen) atoms. The summed E-state index contributed by atoms with van der Waals surface area (Å²) >= 11 is 0. The molecule has 2 aromatic rings. The lowest BCUT2D eigenvalue weighted by atomic mass is 10.0. The van der Waals surface area contributed by atoms with E-state index in [0.29, 0.717) is 0 Å². The molecule has 0 bridgehead atoms. The second kappa shape index (κ2) is 5.50. The fourth-order valence-electron chi connectivity index (χ4n) is 1.76. The van der Waals surface area contributed by atoms with Gasteiger partial charge >= 0.3 is 0 Å². The van der Waals surface area contributed by atoms with Gasteiger partial charge in [-0.2, -0.15) is 0 Å². The Morgan fingerprint density at radius 2 is 2.24 bits per heavy atom. The van der Waals surface area contributed by atoms with Crippen molar-refractivity contribution in [1.82, 2.24) is 15.3 Å². The van der Waals surface area contributed by atoms with Gasteiger partial charge in [-0.25, -0.2) is 14.4 Å². The number of hydrogen-bond acceptors (Lipinski definition) is 3. The number of benzene rings is 1. The Hall–Kier alpha value is -1.81. The molecule has 1 aromatic heterocycles. The highest BCUT2D eigenvalue weighted by atomic mass is 19.1. The van der Waals surface area contributed by atoms with E-state index in [0.717, 1.165) is 17.8 Å². The number of hydrogen-bond donors (Lipinski definition) is 1. The first-order chi connectivity index (χ1) is 8.31. The molecule has 0 saturated heterocycles. The third kappa shape index (κ3) is 2.85. The SMILES string of the molecule is CCNC(c1cccc(F)c1)c1ccncn1. The van der Waals surface area contributed by atoms with Crippen molar-refractivity contribution in [2.75, 3.05) is 6.54 Å². The normalized spacial score (nSPS) is 12.4. The van der Waals surface area contributed by atoms with Crippen LogP contribution >= 0.6 is 0 Å². The molecule has 0 radical (unpaired) electrons. The number of rotatable bonds is 4. The molecule has 0 aliphatic heterocycles. The van der Waals surface area contributed by atoms with Crippen molar-refractivity contribution in [2.24, 2.45) is 0 Å². The van der Waals surface area contributed by atoms with Crippen molar-refractivity contribution in [3.05, 3.63) is 59.9 Å². The maximum Gasteiger partial charge on any atom is 0.123 e. The van der Waals surface area contributed by atoms with E-state index in [-0.39, 0.29) is 11.9 Å². The lowest BCUT2D eigenvalue weighted by Crippen LogP contribution is -2.23. The molecule has 1 N–H and O–H groups in total. The zero-order valence-electron chi connectivity index (χ0n) is 9.60. The molecule has 1 aromatic carbocycles. The smallest absolute Gasteiger partial charge is 0.123 e. The van der Waals surface area contributed by atoms with Gasteiger partial charge in [0.25, 0.3) is 0 Å². The summed E-state index contributed by atoms with van der Waals surface area (Å²) in [6.07, 6.45) is 3.19. The molecule has 88 valence electrons. The lowest BCUT2D eigenvalue weighted by Gasteiger charge is -2.17. The van der Waals surface area contributed by atoms with E-state index in [9.17, 15) is 4.39 Å². The third-order valence-corrected chi connectivity index (χ3v) is 2.49. The minimum Gasteiger partial charge on any atom is -0.305 e. The van der Waals surface area contributed by atoms with Crippen LogP contribution in [0.15, 0.2) is 42.9 Å². The zero-order chi connectivity index (χ0) is 12.1. The molecule has 0 spiro atoms. The molecule has 0 saturated carbocycles. The Kier molecular flexibility index (Phi) is 3.77. The van der Waals surface area contributed by atoms with Gasteiger partial charge in [0, 0.05) is 6.20 Å². The second-order valence-electron chi connectivity index (χ2n) is 3.68. The quantitative estimate of drug-likeness (QED) is 0.877. The molecule has 3 nitrogen and oxygen atoms in total. The number of halogens is 1. The molecule has 1 unspecified atom stereocenters. The summed E-state index contributed by atoms with van der Waals surface area (Å²) in [5.41, 5.74) is 1.71. The van der Waals surface area contributed by atoms with Crippen LogP contribution in [0.2, 0.25) is 0 Å². The van der Waals surface area contributed by atoms with Gasteiger partial charge in [0.2, 0.25) is 0 Å². The van der Waals surface area contributed by atoms with E-state index >= 15 is 0 Å². The molecule has 1 atom stereocenters. The fourth-order valence-corrected chi connectivity index (χ4v) is 1.76. The fraction of sp³-hybridized carbons (Fsp3) is 0.231. The van der Waals surface area contributed by atoms with Crippen molar-refractivity contribution in [1.29, 1.82) is 0 Å². The average molecular weight is 231 g/mol. The minimum absolute atomic E-state index is 0.0984. The first-order valence-corrected chi connectivity index (χ1v) is 5.56. The van der Waals surface area contributed by atoms with Gasteiger partial charge in [0.15, 0.2) is 0 Å². The van der Waals surface area contributed by atoms with E-state index in [1.807, 2.05) is 19.1 Å². The summed E-state index contributed by atoms with van der Waals surface area (Å²) in [4.78, 5) is 8.09. The van der Waals surface area contributed by atoms with Gasteiger partial charge in [-0.3, -0.25) is 0 Å². The average Bonchev–Trinajstić information content (AvgIpc) is 2.37. The number of nitrogens with zero attached hydrogens (tertiary/aromatic N) is 2. The predicted octanol–water partition coefficient (Wildman–Crippen LogP) is 2.31. The largest absolute Gasteiger partial charge is 0.305 e. The van der Waals surface area contributed by atoms with E-state index in [1.165, 1.54) is 18.5 Å². The second-order valence-corrected chi connectivity index (χ2v) is 3.68. The summed E-state index contributed by atoms with van der Waals surface area (Å²) in [6.45, 7) is 2.79. The van der Waals surface area contributed by atoms with Crippen molar-refractivity contribution < 1.29 is 4.39 Å². The number of aromatic nitrogens is 2. The molecule has 4 heteroatoms. The van der Waals surface area contributed by atoms with Crippen molar-refractivity contribution >= 4 is 0 Å². The maximum absolute atomic E-state index is 13.2. The van der Waals surface area contributed by atoms with Gasteiger partial charge in [0.1, 0.15) is 12.1 Å². The zero-order valence-corrected chi connectivity index (χ0v) is 9.60. The molecular weight excluding hydrogens is 217 g/mol. The Bertz CT molecular complexity index is 473. The highest BCUT2D eigenvalue weighted by Crippen LogP contribution is 2.20. The summed E-state index contributed by atoms with van der Waals surface area (Å²) in [6, 6.07) is 8.29. The van der Waals surface area contributed by atoms with E-state index in [1.54, 1.807) is 12.3 Å². The van der Waals surface area contributed by atoms with Crippen molar-refractivity contribution in [3.63, 3.8) is 0 Å². The number of nitrogens with one attached hydrogen (secondary N) is 1. The first kappa shape index (κ1) is 11.7. The van der Waals surface area contributed by atoms with Gasteiger partial charge in [-0.15, -0.1) is 0 Å². The Labute approximate surface area is 99.7 Å². The molecule has 0 amide bonds. The van der Waals surface area contributed by atoms with Crippen LogP contribution < -0.4 is 5.32 Å². The molecule has 1 heterocycles. The van der Waals surface area contributed by atoms with Crippen LogP contribution in [0.5, 0.6) is 0 Å². The van der Waals surface area contributed by atoms with Crippen LogP contribution in [0, 0.1) is 5.82 Å². The topological polar surface area (TPSA) is 37.8 Å². The van der Waals surface area contributed by atoms with Crippen LogP contribution in [0.25, 0.3) is 0 Å². The Balaban J connectivity index is 2.35. The van der Waals surface area contributed by atoms with E-state index < -0.39 is 0 Å². The third-order valence-electron chi connectivity index (χ3n) is 2.49. The summed E-state index contributed by atoms with van der Waals surface area (Å²) in [5.74, 6) is -0.237. The van der Waals surface area contributed by atoms with Crippen LogP contribution in [0.1, 0.15) is 24.2 Å². The molecular formula is C13H14FN3. The summed E-state index contributed by atoms with van der Waals surface area (Å²) in [5, 5.41) is 3.29. The molecule has 0 aliphatic carbocycles. The van der Waals surface area contributed by atoms with Gasteiger partial charge in [-0.1, -0.05) is 19.1 Å². The van der Waals surface area contributed by atoms with Crippen LogP contribution in [-0.2, 0) is 0 Å². The van der Waals surface area contributed by atoms with Gasteiger partial charge in [0.05, 0.1) is 11.7 Å². The predicted molar refractivity (Wildman–Crippen MR) is 64.0 cm³/mol. The van der Waals surface area contributed by atoms with Crippen LogP contribution in [0.4, 0.5) is 4.39 Å². The highest BCUT2D eigenvalue weighted by molar-refractivity contribution is 5.27. The van der Waals surface area contributed by atoms with Crippen LogP contribution in [-0.4, -0.2) is 16.5 Å². The van der Waals surface area contributed by atoms with Crippen molar-refractivity contribution in [2.45, 2.75) is 13.0 Å². The summed E-state index contributed by atoms with van der Waals surface area (Å²) < 4.78 is 13.2. The standard InChI is InChI=1S/C13H14FN3/c1-2-16-13(12-6-7-15-9-17-12)10-4-3-5-11(14)8-10/h3-9,13,16H,2H2,1H3.